The Kier molecular flexibility index (Phi) is 7.03. The topological polar surface area (TPSA) is 69.4 Å². The Hall–Kier alpha value is -2.17. The molecule has 0 saturated carbocycles. The van der Waals surface area contributed by atoms with Crippen LogP contribution in [0.3, 0.4) is 0 Å². The molecule has 5 heteroatoms. The molecule has 0 fully saturated rings. The Morgan fingerprint density at radius 3 is 2.70 bits per heavy atom. The smallest absolute Gasteiger partial charge is 0.313 e. The minimum atomic E-state index is -0.486. The van der Waals surface area contributed by atoms with Crippen LogP contribution in [0.25, 0.3) is 0 Å². The van der Waals surface area contributed by atoms with Crippen molar-refractivity contribution in [3.8, 4) is 0 Å². The highest BCUT2D eigenvalue weighted by molar-refractivity contribution is 5.78. The number of nitro groups is 1. The second kappa shape index (κ2) is 8.85. The maximum Gasteiger partial charge on any atom is 0.313 e. The second-order valence-electron chi connectivity index (χ2n) is 4.32. The Labute approximate surface area is 118 Å². The fourth-order valence-electron chi connectivity index (χ4n) is 1.95. The van der Waals surface area contributed by atoms with E-state index in [9.17, 15) is 14.9 Å². The number of ether oxygens (including phenoxy) is 1. The fourth-order valence-corrected chi connectivity index (χ4v) is 1.95. The molecule has 1 aromatic carbocycles. The molecule has 0 radical (unpaired) electrons. The van der Waals surface area contributed by atoms with Gasteiger partial charge in [-0.3, -0.25) is 14.9 Å². The molecular weight excluding hydrogens is 258 g/mol. The predicted octanol–water partition coefficient (Wildman–Crippen LogP) is 3.29. The lowest BCUT2D eigenvalue weighted by Gasteiger charge is -2.15. The number of esters is 1. The van der Waals surface area contributed by atoms with Crippen LogP contribution in [-0.2, 0) is 9.53 Å². The molecule has 0 spiro atoms. The highest BCUT2D eigenvalue weighted by Crippen LogP contribution is 2.23. The summed E-state index contributed by atoms with van der Waals surface area (Å²) >= 11 is 0. The molecule has 0 aliphatic carbocycles. The molecule has 0 aliphatic rings. The number of hydrogen-bond acceptors (Lipinski definition) is 4. The zero-order valence-electron chi connectivity index (χ0n) is 11.5. The van der Waals surface area contributed by atoms with Crippen LogP contribution in [-0.4, -0.2) is 17.5 Å². The fraction of sp³-hybridized carbons (Fsp3) is 0.400. The highest BCUT2D eigenvalue weighted by atomic mass is 16.6. The van der Waals surface area contributed by atoms with Gasteiger partial charge in [-0.2, -0.15) is 0 Å². The molecule has 1 atom stereocenters. The van der Waals surface area contributed by atoms with Crippen LogP contribution in [0.15, 0.2) is 42.6 Å². The van der Waals surface area contributed by atoms with Gasteiger partial charge in [-0.05, 0) is 37.8 Å². The van der Waals surface area contributed by atoms with Gasteiger partial charge in [-0.25, -0.2) is 0 Å². The van der Waals surface area contributed by atoms with E-state index in [1.807, 2.05) is 30.3 Å². The van der Waals surface area contributed by atoms with Crippen molar-refractivity contribution < 1.29 is 14.5 Å². The maximum absolute atomic E-state index is 12.0. The minimum Gasteiger partial charge on any atom is -0.466 e. The molecule has 1 unspecified atom stereocenters. The molecule has 0 heterocycles. The Bertz CT molecular complexity index is 456. The summed E-state index contributed by atoms with van der Waals surface area (Å²) in [4.78, 5) is 21.6. The van der Waals surface area contributed by atoms with Crippen molar-refractivity contribution in [2.75, 3.05) is 6.61 Å². The van der Waals surface area contributed by atoms with E-state index < -0.39 is 4.92 Å². The molecule has 0 N–H and O–H groups in total. The van der Waals surface area contributed by atoms with Gasteiger partial charge < -0.3 is 4.74 Å². The SMILES string of the molecule is CCOC(=O)C(CCCC=C[N+](=O)[O-])c1ccccc1. The van der Waals surface area contributed by atoms with E-state index >= 15 is 0 Å². The van der Waals surface area contributed by atoms with Crippen molar-refractivity contribution in [3.05, 3.63) is 58.3 Å². The third-order valence-corrected chi connectivity index (χ3v) is 2.86. The third-order valence-electron chi connectivity index (χ3n) is 2.86. The Morgan fingerprint density at radius 2 is 2.10 bits per heavy atom. The van der Waals surface area contributed by atoms with Crippen molar-refractivity contribution in [3.63, 3.8) is 0 Å². The Balaban J connectivity index is 2.60. The van der Waals surface area contributed by atoms with Gasteiger partial charge in [0.25, 0.3) is 0 Å². The monoisotopic (exact) mass is 277 g/mol. The summed E-state index contributed by atoms with van der Waals surface area (Å²) < 4.78 is 5.09. The summed E-state index contributed by atoms with van der Waals surface area (Å²) in [5.41, 5.74) is 0.921. The predicted molar refractivity (Wildman–Crippen MR) is 75.8 cm³/mol. The van der Waals surface area contributed by atoms with Crippen molar-refractivity contribution in [2.24, 2.45) is 0 Å². The second-order valence-corrected chi connectivity index (χ2v) is 4.32. The van der Waals surface area contributed by atoms with Crippen LogP contribution >= 0.6 is 0 Å². The molecule has 0 saturated heterocycles. The lowest BCUT2D eigenvalue weighted by molar-refractivity contribution is -0.402. The molecule has 0 bridgehead atoms. The number of carbonyl (C=O) groups excluding carboxylic acids is 1. The summed E-state index contributed by atoms with van der Waals surface area (Å²) in [6.07, 6.45) is 4.33. The molecule has 108 valence electrons. The molecule has 0 aromatic heterocycles. The summed E-state index contributed by atoms with van der Waals surface area (Å²) in [5, 5.41) is 10.2. The van der Waals surface area contributed by atoms with Gasteiger partial charge in [-0.1, -0.05) is 30.3 Å². The maximum atomic E-state index is 12.0. The van der Waals surface area contributed by atoms with E-state index in [0.717, 1.165) is 11.8 Å². The summed E-state index contributed by atoms with van der Waals surface area (Å²) in [7, 11) is 0. The van der Waals surface area contributed by atoms with Gasteiger partial charge in [0.05, 0.1) is 17.4 Å². The average Bonchev–Trinajstić information content (AvgIpc) is 2.43. The normalized spacial score (nSPS) is 12.2. The molecule has 1 rings (SSSR count). The van der Waals surface area contributed by atoms with Crippen LogP contribution in [0.1, 0.15) is 37.7 Å². The van der Waals surface area contributed by atoms with Crippen molar-refractivity contribution in [2.45, 2.75) is 32.1 Å². The molecule has 20 heavy (non-hydrogen) atoms. The third kappa shape index (κ3) is 5.65. The summed E-state index contributed by atoms with van der Waals surface area (Å²) in [6.45, 7) is 2.13. The number of benzene rings is 1. The number of hydrogen-bond donors (Lipinski definition) is 0. The minimum absolute atomic E-state index is 0.239. The first-order chi connectivity index (χ1) is 9.65. The van der Waals surface area contributed by atoms with Crippen molar-refractivity contribution >= 4 is 5.97 Å². The van der Waals surface area contributed by atoms with Crippen LogP contribution in [0.2, 0.25) is 0 Å². The molecule has 5 nitrogen and oxygen atoms in total. The first-order valence-corrected chi connectivity index (χ1v) is 6.67. The first kappa shape index (κ1) is 15.9. The van der Waals surface area contributed by atoms with E-state index in [2.05, 4.69) is 0 Å². The largest absolute Gasteiger partial charge is 0.466 e. The zero-order valence-corrected chi connectivity index (χ0v) is 11.5. The summed E-state index contributed by atoms with van der Waals surface area (Å²) in [6, 6.07) is 9.46. The van der Waals surface area contributed by atoms with Gasteiger partial charge >= 0.3 is 5.97 Å². The number of carbonyl (C=O) groups is 1. The van der Waals surface area contributed by atoms with Gasteiger partial charge in [0, 0.05) is 0 Å². The Morgan fingerprint density at radius 1 is 1.40 bits per heavy atom. The van der Waals surface area contributed by atoms with E-state index in [-0.39, 0.29) is 11.9 Å². The standard InChI is InChI=1S/C15H19NO4/c1-2-20-15(17)14(13-9-5-3-6-10-13)11-7-4-8-12-16(18)19/h3,5-6,8-10,12,14H,2,4,7,11H2,1H3. The van der Waals surface area contributed by atoms with Crippen molar-refractivity contribution in [1.29, 1.82) is 0 Å². The van der Waals surface area contributed by atoms with E-state index in [1.54, 1.807) is 6.92 Å². The van der Waals surface area contributed by atoms with Crippen LogP contribution in [0.4, 0.5) is 0 Å². The quantitative estimate of drug-likeness (QED) is 0.316. The van der Waals surface area contributed by atoms with E-state index in [1.165, 1.54) is 6.08 Å². The summed E-state index contributed by atoms with van der Waals surface area (Å²) in [5.74, 6) is -0.544. The van der Waals surface area contributed by atoms with Gasteiger partial charge in [0.2, 0.25) is 6.20 Å². The molecule has 1 aromatic rings. The van der Waals surface area contributed by atoms with E-state index in [0.29, 0.717) is 25.9 Å². The molecule has 0 aliphatic heterocycles. The molecule has 0 amide bonds. The lowest BCUT2D eigenvalue weighted by Crippen LogP contribution is -2.16. The van der Waals surface area contributed by atoms with Gasteiger partial charge in [-0.15, -0.1) is 0 Å². The number of allylic oxidation sites excluding steroid dienone is 1. The number of unbranched alkanes of at least 4 members (excludes halogenated alkanes) is 1. The van der Waals surface area contributed by atoms with Gasteiger partial charge in [0.1, 0.15) is 0 Å². The first-order valence-electron chi connectivity index (χ1n) is 6.67. The van der Waals surface area contributed by atoms with Crippen molar-refractivity contribution in [1.82, 2.24) is 0 Å². The zero-order chi connectivity index (χ0) is 14.8. The van der Waals surface area contributed by atoms with E-state index in [4.69, 9.17) is 4.74 Å². The van der Waals surface area contributed by atoms with Gasteiger partial charge in [0.15, 0.2) is 0 Å². The van der Waals surface area contributed by atoms with Crippen LogP contribution < -0.4 is 0 Å². The van der Waals surface area contributed by atoms with Crippen LogP contribution in [0, 0.1) is 10.1 Å². The number of rotatable bonds is 8. The highest BCUT2D eigenvalue weighted by Gasteiger charge is 2.20. The average molecular weight is 277 g/mol. The van der Waals surface area contributed by atoms with Crippen LogP contribution in [0.5, 0.6) is 0 Å². The molecular formula is C15H19NO4. The lowest BCUT2D eigenvalue weighted by atomic mass is 9.93. The number of nitrogens with zero attached hydrogens (tertiary/aromatic N) is 1.